The number of halogens is 1. The minimum absolute atomic E-state index is 0.0891. The lowest BCUT2D eigenvalue weighted by atomic mass is 10.2. The molecule has 1 aromatic rings. The smallest absolute Gasteiger partial charge is 0.207 e. The molecule has 1 aliphatic heterocycles. The molecule has 1 saturated heterocycles. The van der Waals surface area contributed by atoms with E-state index in [1.165, 1.54) is 10.4 Å². The maximum atomic E-state index is 12.5. The fourth-order valence-corrected chi connectivity index (χ4v) is 5.08. The van der Waals surface area contributed by atoms with Crippen LogP contribution in [0.2, 0.25) is 0 Å². The zero-order valence-corrected chi connectivity index (χ0v) is 12.7. The number of hydrogen-bond acceptors (Lipinski definition) is 4. The van der Waals surface area contributed by atoms with Crippen molar-refractivity contribution in [1.29, 1.82) is 5.26 Å². The molecule has 0 radical (unpaired) electrons. The van der Waals surface area contributed by atoms with E-state index in [0.29, 0.717) is 17.6 Å². The summed E-state index contributed by atoms with van der Waals surface area (Å²) < 4.78 is 26.9. The third-order valence-corrected chi connectivity index (χ3v) is 6.22. The monoisotopic (exact) mass is 346 g/mol. The zero-order valence-electron chi connectivity index (χ0n) is 9.47. The Balaban J connectivity index is 2.48. The average molecular weight is 347 g/mol. The summed E-state index contributed by atoms with van der Waals surface area (Å²) in [6, 6.07) is 6.74. The van der Waals surface area contributed by atoms with Crippen molar-refractivity contribution in [2.75, 3.05) is 24.6 Å². The van der Waals surface area contributed by atoms with E-state index < -0.39 is 10.0 Å². The van der Waals surface area contributed by atoms with E-state index in [9.17, 15) is 8.42 Å². The van der Waals surface area contributed by atoms with Gasteiger partial charge in [-0.2, -0.15) is 21.3 Å². The van der Waals surface area contributed by atoms with Crippen LogP contribution in [0, 0.1) is 11.3 Å². The van der Waals surface area contributed by atoms with Gasteiger partial charge < -0.3 is 0 Å². The van der Waals surface area contributed by atoms with Crippen molar-refractivity contribution in [2.24, 2.45) is 0 Å². The third kappa shape index (κ3) is 2.57. The van der Waals surface area contributed by atoms with Gasteiger partial charge >= 0.3 is 0 Å². The number of benzene rings is 1. The first-order valence-corrected chi connectivity index (χ1v) is 8.72. The van der Waals surface area contributed by atoms with Crippen LogP contribution in [0.25, 0.3) is 0 Å². The fourth-order valence-electron chi connectivity index (χ4n) is 1.75. The van der Waals surface area contributed by atoms with Gasteiger partial charge in [0.05, 0.1) is 5.56 Å². The Labute approximate surface area is 119 Å². The van der Waals surface area contributed by atoms with E-state index in [0.717, 1.165) is 11.5 Å². The second kappa shape index (κ2) is 5.61. The molecular weight excluding hydrogens is 336 g/mol. The van der Waals surface area contributed by atoms with Crippen molar-refractivity contribution in [3.8, 4) is 6.07 Å². The summed E-state index contributed by atoms with van der Waals surface area (Å²) in [6.07, 6.45) is 0. The summed E-state index contributed by atoms with van der Waals surface area (Å²) in [7, 11) is -3.56. The largest absolute Gasteiger partial charge is 0.244 e. The lowest BCUT2D eigenvalue weighted by molar-refractivity contribution is 0.443. The van der Waals surface area contributed by atoms with Gasteiger partial charge in [-0.05, 0) is 28.1 Å². The quantitative estimate of drug-likeness (QED) is 0.822. The van der Waals surface area contributed by atoms with Crippen LogP contribution >= 0.6 is 27.7 Å². The summed E-state index contributed by atoms with van der Waals surface area (Å²) >= 11 is 4.96. The third-order valence-electron chi connectivity index (χ3n) is 2.68. The van der Waals surface area contributed by atoms with Crippen LogP contribution in [0.15, 0.2) is 27.6 Å². The molecule has 1 aliphatic rings. The van der Waals surface area contributed by atoms with E-state index in [1.54, 1.807) is 23.9 Å². The van der Waals surface area contributed by atoms with Gasteiger partial charge in [0.15, 0.2) is 0 Å². The maximum absolute atomic E-state index is 12.5. The van der Waals surface area contributed by atoms with Crippen LogP contribution in [-0.2, 0) is 10.0 Å². The molecule has 2 rings (SSSR count). The van der Waals surface area contributed by atoms with E-state index in [1.807, 2.05) is 6.07 Å². The van der Waals surface area contributed by atoms with Crippen molar-refractivity contribution in [3.05, 3.63) is 28.2 Å². The normalized spacial score (nSPS) is 17.3. The summed E-state index contributed by atoms with van der Waals surface area (Å²) in [5.74, 6) is 1.60. The van der Waals surface area contributed by atoms with Gasteiger partial charge in [-0.1, -0.05) is 6.07 Å². The van der Waals surface area contributed by atoms with Crippen molar-refractivity contribution in [1.82, 2.24) is 4.31 Å². The molecule has 1 fully saturated rings. The number of rotatable bonds is 2. The molecule has 96 valence electrons. The lowest BCUT2D eigenvalue weighted by Gasteiger charge is -2.26. The maximum Gasteiger partial charge on any atom is 0.244 e. The molecule has 0 bridgehead atoms. The number of nitriles is 1. The first-order valence-electron chi connectivity index (χ1n) is 5.34. The zero-order chi connectivity index (χ0) is 13.2. The Bertz CT molecular complexity index is 590. The SMILES string of the molecule is N#Cc1c(Br)cccc1S(=O)(=O)N1CCSCC1. The van der Waals surface area contributed by atoms with E-state index >= 15 is 0 Å². The predicted molar refractivity (Wildman–Crippen MR) is 74.9 cm³/mol. The van der Waals surface area contributed by atoms with Crippen LogP contribution in [0.5, 0.6) is 0 Å². The Morgan fingerprint density at radius 3 is 2.61 bits per heavy atom. The van der Waals surface area contributed by atoms with Crippen LogP contribution in [-0.4, -0.2) is 37.3 Å². The molecule has 0 aromatic heterocycles. The van der Waals surface area contributed by atoms with Crippen LogP contribution < -0.4 is 0 Å². The molecule has 0 unspecified atom stereocenters. The highest BCUT2D eigenvalue weighted by atomic mass is 79.9. The highest BCUT2D eigenvalue weighted by molar-refractivity contribution is 9.10. The van der Waals surface area contributed by atoms with Gasteiger partial charge in [0.25, 0.3) is 0 Å². The topological polar surface area (TPSA) is 61.2 Å². The minimum atomic E-state index is -3.56. The number of hydrogen-bond donors (Lipinski definition) is 0. The summed E-state index contributed by atoms with van der Waals surface area (Å²) in [6.45, 7) is 1.01. The Morgan fingerprint density at radius 2 is 2.00 bits per heavy atom. The van der Waals surface area contributed by atoms with Gasteiger partial charge in [0, 0.05) is 29.1 Å². The van der Waals surface area contributed by atoms with Crippen molar-refractivity contribution < 1.29 is 8.42 Å². The second-order valence-electron chi connectivity index (χ2n) is 3.74. The van der Waals surface area contributed by atoms with Gasteiger partial charge in [-0.15, -0.1) is 0 Å². The van der Waals surface area contributed by atoms with Crippen molar-refractivity contribution >= 4 is 37.7 Å². The summed E-state index contributed by atoms with van der Waals surface area (Å²) in [5.41, 5.74) is 0.177. The van der Waals surface area contributed by atoms with Crippen molar-refractivity contribution in [2.45, 2.75) is 4.90 Å². The Hall–Kier alpha value is -0.550. The molecule has 0 amide bonds. The fraction of sp³-hybridized carbons (Fsp3) is 0.364. The molecule has 0 N–H and O–H groups in total. The number of nitrogens with zero attached hydrogens (tertiary/aromatic N) is 2. The molecular formula is C11H11BrN2O2S2. The van der Waals surface area contributed by atoms with Gasteiger partial charge in [-0.3, -0.25) is 0 Å². The number of sulfonamides is 1. The molecule has 0 atom stereocenters. The van der Waals surface area contributed by atoms with Gasteiger partial charge in [-0.25, -0.2) is 8.42 Å². The standard InChI is InChI=1S/C11H11BrN2O2S2/c12-10-2-1-3-11(9(10)8-13)18(15,16)14-4-6-17-7-5-14/h1-3H,4-7H2. The molecule has 1 aromatic carbocycles. The molecule has 1 heterocycles. The molecule has 18 heavy (non-hydrogen) atoms. The highest BCUT2D eigenvalue weighted by Crippen LogP contribution is 2.27. The molecule has 7 heteroatoms. The molecule has 4 nitrogen and oxygen atoms in total. The predicted octanol–water partition coefficient (Wildman–Crippen LogP) is 2.06. The Kier molecular flexibility index (Phi) is 4.33. The van der Waals surface area contributed by atoms with E-state index in [-0.39, 0.29) is 10.5 Å². The van der Waals surface area contributed by atoms with E-state index in [2.05, 4.69) is 15.9 Å². The summed E-state index contributed by atoms with van der Waals surface area (Å²) in [5, 5.41) is 9.09. The number of thioether (sulfide) groups is 1. The first kappa shape index (κ1) is 13.9. The molecule has 0 aliphatic carbocycles. The van der Waals surface area contributed by atoms with E-state index in [4.69, 9.17) is 5.26 Å². The van der Waals surface area contributed by atoms with Gasteiger partial charge in [0.2, 0.25) is 10.0 Å². The molecule has 0 saturated carbocycles. The van der Waals surface area contributed by atoms with Crippen molar-refractivity contribution in [3.63, 3.8) is 0 Å². The summed E-state index contributed by atoms with van der Waals surface area (Å²) in [4.78, 5) is 0.0891. The minimum Gasteiger partial charge on any atom is -0.207 e. The average Bonchev–Trinajstić information content (AvgIpc) is 2.39. The van der Waals surface area contributed by atoms with Crippen LogP contribution in [0.3, 0.4) is 0 Å². The van der Waals surface area contributed by atoms with Crippen LogP contribution in [0.1, 0.15) is 5.56 Å². The lowest BCUT2D eigenvalue weighted by Crippen LogP contribution is -2.38. The second-order valence-corrected chi connectivity index (χ2v) is 7.73. The molecule has 0 spiro atoms. The van der Waals surface area contributed by atoms with Crippen LogP contribution in [0.4, 0.5) is 0 Å². The Morgan fingerprint density at radius 1 is 1.33 bits per heavy atom. The first-order chi connectivity index (χ1) is 8.57. The highest BCUT2D eigenvalue weighted by Gasteiger charge is 2.29. The van der Waals surface area contributed by atoms with Gasteiger partial charge in [0.1, 0.15) is 11.0 Å².